The lowest BCUT2D eigenvalue weighted by molar-refractivity contribution is -0.117. The highest BCUT2D eigenvalue weighted by Gasteiger charge is 2.29. The number of rotatable bonds is 3. The molecule has 0 spiro atoms. The molecule has 1 atom stereocenters. The summed E-state index contributed by atoms with van der Waals surface area (Å²) >= 11 is 0. The van der Waals surface area contributed by atoms with Crippen molar-refractivity contribution >= 4 is 11.6 Å². The SMILES string of the molecule is C#CC1CC(=O)N(c2ccc(Oc3ccccc3C)cc2)C1. The Morgan fingerprint density at radius 3 is 2.55 bits per heavy atom. The molecular formula is C19H17NO2. The highest BCUT2D eigenvalue weighted by atomic mass is 16.5. The average molecular weight is 291 g/mol. The molecule has 1 aliphatic heterocycles. The van der Waals surface area contributed by atoms with Gasteiger partial charge in [-0.15, -0.1) is 12.3 Å². The van der Waals surface area contributed by atoms with E-state index in [1.165, 1.54) is 0 Å². The number of para-hydroxylation sites is 1. The van der Waals surface area contributed by atoms with Crippen LogP contribution in [0.25, 0.3) is 0 Å². The Bertz CT molecular complexity index is 728. The molecule has 1 fully saturated rings. The van der Waals surface area contributed by atoms with Gasteiger partial charge in [0.15, 0.2) is 0 Å². The van der Waals surface area contributed by atoms with E-state index in [-0.39, 0.29) is 11.8 Å². The van der Waals surface area contributed by atoms with Gasteiger partial charge in [-0.05, 0) is 42.8 Å². The predicted molar refractivity (Wildman–Crippen MR) is 87.0 cm³/mol. The van der Waals surface area contributed by atoms with Crippen molar-refractivity contribution in [2.45, 2.75) is 13.3 Å². The van der Waals surface area contributed by atoms with Gasteiger partial charge in [0.05, 0.1) is 0 Å². The first kappa shape index (κ1) is 14.2. The second-order valence-corrected chi connectivity index (χ2v) is 5.43. The molecule has 1 unspecified atom stereocenters. The highest BCUT2D eigenvalue weighted by Crippen LogP contribution is 2.29. The topological polar surface area (TPSA) is 29.5 Å². The first-order chi connectivity index (χ1) is 10.7. The van der Waals surface area contributed by atoms with Gasteiger partial charge in [-0.3, -0.25) is 4.79 Å². The molecule has 0 aromatic heterocycles. The number of nitrogens with zero attached hydrogens (tertiary/aromatic N) is 1. The summed E-state index contributed by atoms with van der Waals surface area (Å²) in [5.41, 5.74) is 1.94. The summed E-state index contributed by atoms with van der Waals surface area (Å²) in [4.78, 5) is 13.7. The minimum Gasteiger partial charge on any atom is -0.457 e. The molecular weight excluding hydrogens is 274 g/mol. The Labute approximate surface area is 130 Å². The minimum atomic E-state index is 0.00962. The molecule has 1 saturated heterocycles. The molecule has 1 heterocycles. The first-order valence-electron chi connectivity index (χ1n) is 7.27. The maximum absolute atomic E-state index is 12.0. The predicted octanol–water partition coefficient (Wildman–Crippen LogP) is 3.77. The summed E-state index contributed by atoms with van der Waals surface area (Å²) in [6.07, 6.45) is 5.84. The molecule has 22 heavy (non-hydrogen) atoms. The van der Waals surface area contributed by atoms with Crippen molar-refractivity contribution in [2.75, 3.05) is 11.4 Å². The molecule has 110 valence electrons. The molecule has 2 aromatic rings. The van der Waals surface area contributed by atoms with Crippen molar-refractivity contribution in [3.8, 4) is 23.8 Å². The number of hydrogen-bond acceptors (Lipinski definition) is 2. The van der Waals surface area contributed by atoms with Crippen LogP contribution in [0.4, 0.5) is 5.69 Å². The van der Waals surface area contributed by atoms with E-state index in [1.807, 2.05) is 55.5 Å². The normalized spacial score (nSPS) is 17.4. The minimum absolute atomic E-state index is 0.00962. The summed E-state index contributed by atoms with van der Waals surface area (Å²) in [5.74, 6) is 4.33. The zero-order chi connectivity index (χ0) is 15.5. The summed E-state index contributed by atoms with van der Waals surface area (Å²) in [6, 6.07) is 15.4. The number of anilines is 1. The molecule has 0 aliphatic carbocycles. The maximum atomic E-state index is 12.0. The summed E-state index contributed by atoms with van der Waals surface area (Å²) in [7, 11) is 0. The standard InChI is InChI=1S/C19H17NO2/c1-3-15-12-19(21)20(13-15)16-8-10-17(11-9-16)22-18-7-5-4-6-14(18)2/h1,4-11,15H,12-13H2,2H3. The van der Waals surface area contributed by atoms with E-state index in [9.17, 15) is 4.79 Å². The number of terminal acetylenes is 1. The van der Waals surface area contributed by atoms with Gasteiger partial charge in [-0.2, -0.15) is 0 Å². The van der Waals surface area contributed by atoms with Crippen LogP contribution in [0.5, 0.6) is 11.5 Å². The van der Waals surface area contributed by atoms with Gasteiger partial charge < -0.3 is 9.64 Å². The lowest BCUT2D eigenvalue weighted by Crippen LogP contribution is -2.24. The van der Waals surface area contributed by atoms with Gasteiger partial charge in [-0.1, -0.05) is 18.2 Å². The van der Waals surface area contributed by atoms with Gasteiger partial charge >= 0.3 is 0 Å². The van der Waals surface area contributed by atoms with Crippen LogP contribution in [-0.2, 0) is 4.79 Å². The Morgan fingerprint density at radius 2 is 1.91 bits per heavy atom. The van der Waals surface area contributed by atoms with E-state index in [1.54, 1.807) is 4.90 Å². The van der Waals surface area contributed by atoms with Crippen LogP contribution in [0.1, 0.15) is 12.0 Å². The zero-order valence-electron chi connectivity index (χ0n) is 12.5. The molecule has 3 heteroatoms. The monoisotopic (exact) mass is 291 g/mol. The van der Waals surface area contributed by atoms with E-state index in [4.69, 9.17) is 11.2 Å². The van der Waals surface area contributed by atoms with E-state index in [0.717, 1.165) is 22.7 Å². The molecule has 0 N–H and O–H groups in total. The van der Waals surface area contributed by atoms with Crippen LogP contribution < -0.4 is 9.64 Å². The van der Waals surface area contributed by atoms with Crippen molar-refractivity contribution in [1.82, 2.24) is 0 Å². The van der Waals surface area contributed by atoms with Gasteiger partial charge in [0.2, 0.25) is 5.91 Å². The second kappa shape index (κ2) is 5.95. The number of hydrogen-bond donors (Lipinski definition) is 0. The number of ether oxygens (including phenoxy) is 1. The molecule has 1 aliphatic rings. The lowest BCUT2D eigenvalue weighted by atomic mass is 10.1. The largest absolute Gasteiger partial charge is 0.457 e. The molecule has 0 bridgehead atoms. The maximum Gasteiger partial charge on any atom is 0.228 e. The Kier molecular flexibility index (Phi) is 3.84. The Balaban J connectivity index is 1.75. The summed E-state index contributed by atoms with van der Waals surface area (Å²) in [6.45, 7) is 2.60. The van der Waals surface area contributed by atoms with Crippen molar-refractivity contribution in [3.05, 3.63) is 54.1 Å². The van der Waals surface area contributed by atoms with Crippen molar-refractivity contribution < 1.29 is 9.53 Å². The fourth-order valence-corrected chi connectivity index (χ4v) is 2.56. The quantitative estimate of drug-likeness (QED) is 0.806. The number of aryl methyl sites for hydroxylation is 1. The fraction of sp³-hybridized carbons (Fsp3) is 0.211. The van der Waals surface area contributed by atoms with E-state index >= 15 is 0 Å². The van der Waals surface area contributed by atoms with Crippen molar-refractivity contribution in [1.29, 1.82) is 0 Å². The highest BCUT2D eigenvalue weighted by molar-refractivity contribution is 5.96. The smallest absolute Gasteiger partial charge is 0.228 e. The molecule has 0 radical (unpaired) electrons. The van der Waals surface area contributed by atoms with Gasteiger partial charge in [0, 0.05) is 24.6 Å². The zero-order valence-corrected chi connectivity index (χ0v) is 12.5. The third-order valence-corrected chi connectivity index (χ3v) is 3.83. The van der Waals surface area contributed by atoms with Gasteiger partial charge in [0.1, 0.15) is 11.5 Å². The lowest BCUT2D eigenvalue weighted by Gasteiger charge is -2.16. The molecule has 0 saturated carbocycles. The third kappa shape index (κ3) is 2.82. The number of benzene rings is 2. The first-order valence-corrected chi connectivity index (χ1v) is 7.27. The molecule has 3 rings (SSSR count). The number of amides is 1. The molecule has 1 amide bonds. The molecule has 3 nitrogen and oxygen atoms in total. The van der Waals surface area contributed by atoms with Crippen molar-refractivity contribution in [3.63, 3.8) is 0 Å². The third-order valence-electron chi connectivity index (χ3n) is 3.83. The fourth-order valence-electron chi connectivity index (χ4n) is 2.56. The average Bonchev–Trinajstić information content (AvgIpc) is 2.91. The van der Waals surface area contributed by atoms with Gasteiger partial charge in [-0.25, -0.2) is 0 Å². The van der Waals surface area contributed by atoms with E-state index in [2.05, 4.69) is 5.92 Å². The Morgan fingerprint density at radius 1 is 1.18 bits per heavy atom. The van der Waals surface area contributed by atoms with Crippen molar-refractivity contribution in [2.24, 2.45) is 5.92 Å². The van der Waals surface area contributed by atoms with E-state index in [0.29, 0.717) is 13.0 Å². The number of carbonyl (C=O) groups excluding carboxylic acids is 1. The number of carbonyl (C=O) groups is 1. The van der Waals surface area contributed by atoms with Gasteiger partial charge in [0.25, 0.3) is 0 Å². The summed E-state index contributed by atoms with van der Waals surface area (Å²) < 4.78 is 5.86. The summed E-state index contributed by atoms with van der Waals surface area (Å²) in [5, 5.41) is 0. The van der Waals surface area contributed by atoms with Crippen LogP contribution in [0.15, 0.2) is 48.5 Å². The second-order valence-electron chi connectivity index (χ2n) is 5.43. The van der Waals surface area contributed by atoms with Crippen LogP contribution in [0.3, 0.4) is 0 Å². The van der Waals surface area contributed by atoms with Crippen LogP contribution in [-0.4, -0.2) is 12.5 Å². The molecule has 2 aromatic carbocycles. The van der Waals surface area contributed by atoms with Crippen LogP contribution >= 0.6 is 0 Å². The van der Waals surface area contributed by atoms with Crippen LogP contribution in [0.2, 0.25) is 0 Å². The van der Waals surface area contributed by atoms with E-state index < -0.39 is 0 Å². The Hall–Kier alpha value is -2.73. The van der Waals surface area contributed by atoms with Crippen LogP contribution in [0, 0.1) is 25.2 Å².